The number of hydrogen-bond acceptors (Lipinski definition) is 4. The molecule has 0 unspecified atom stereocenters. The third kappa shape index (κ3) is 3.38. The molecule has 0 atom stereocenters. The van der Waals surface area contributed by atoms with Crippen molar-refractivity contribution in [3.05, 3.63) is 29.8 Å². The molecule has 7 nitrogen and oxygen atoms in total. The van der Waals surface area contributed by atoms with Gasteiger partial charge in [0, 0.05) is 25.2 Å². The molecule has 1 spiro atoms. The van der Waals surface area contributed by atoms with Crippen molar-refractivity contribution in [2.75, 3.05) is 18.0 Å². The molecule has 2 aliphatic heterocycles. The van der Waals surface area contributed by atoms with Crippen molar-refractivity contribution in [2.45, 2.75) is 56.9 Å². The summed E-state index contributed by atoms with van der Waals surface area (Å²) in [7, 11) is 0. The van der Waals surface area contributed by atoms with Gasteiger partial charge in [0.2, 0.25) is 5.91 Å². The van der Waals surface area contributed by atoms with Gasteiger partial charge in [-0.1, -0.05) is 37.5 Å². The van der Waals surface area contributed by atoms with E-state index in [-0.39, 0.29) is 18.2 Å². The summed E-state index contributed by atoms with van der Waals surface area (Å²) in [5.74, 6) is -0.627. The van der Waals surface area contributed by atoms with E-state index in [9.17, 15) is 14.4 Å². The lowest BCUT2D eigenvalue weighted by Gasteiger charge is -2.31. The van der Waals surface area contributed by atoms with Crippen molar-refractivity contribution in [3.8, 4) is 0 Å². The molecule has 0 aromatic heterocycles. The zero-order valence-corrected chi connectivity index (χ0v) is 15.5. The third-order valence-electron chi connectivity index (χ3n) is 5.92. The van der Waals surface area contributed by atoms with E-state index in [0.29, 0.717) is 19.4 Å². The van der Waals surface area contributed by atoms with Gasteiger partial charge < -0.3 is 10.2 Å². The fourth-order valence-corrected chi connectivity index (χ4v) is 4.48. The number of amides is 4. The van der Waals surface area contributed by atoms with Crippen molar-refractivity contribution in [2.24, 2.45) is 0 Å². The van der Waals surface area contributed by atoms with E-state index < -0.39 is 11.6 Å². The van der Waals surface area contributed by atoms with Crippen LogP contribution >= 0.6 is 0 Å². The van der Waals surface area contributed by atoms with Gasteiger partial charge >= 0.3 is 6.03 Å². The number of nitrogens with one attached hydrogen (secondary N) is 2. The third-order valence-corrected chi connectivity index (χ3v) is 5.92. The van der Waals surface area contributed by atoms with E-state index in [1.54, 1.807) is 0 Å². The molecule has 27 heavy (non-hydrogen) atoms. The van der Waals surface area contributed by atoms with Gasteiger partial charge in [-0.25, -0.2) is 4.79 Å². The van der Waals surface area contributed by atoms with Gasteiger partial charge in [0.25, 0.3) is 5.91 Å². The Kier molecular flexibility index (Phi) is 4.76. The predicted octanol–water partition coefficient (Wildman–Crippen LogP) is 2.12. The lowest BCUT2D eigenvalue weighted by molar-refractivity contribution is -0.139. The van der Waals surface area contributed by atoms with Gasteiger partial charge in [-0.3, -0.25) is 15.0 Å². The zero-order valence-electron chi connectivity index (χ0n) is 15.5. The van der Waals surface area contributed by atoms with E-state index >= 15 is 0 Å². The molecule has 4 amide bonds. The molecule has 3 aliphatic rings. The average molecular weight is 370 g/mol. The average Bonchev–Trinajstić information content (AvgIpc) is 2.91. The highest BCUT2D eigenvalue weighted by molar-refractivity contribution is 6.08. The van der Waals surface area contributed by atoms with E-state index in [2.05, 4.69) is 27.8 Å². The maximum atomic E-state index is 12.7. The fourth-order valence-electron chi connectivity index (χ4n) is 4.48. The van der Waals surface area contributed by atoms with Crippen LogP contribution < -0.4 is 15.6 Å². The second-order valence-corrected chi connectivity index (χ2v) is 7.72. The van der Waals surface area contributed by atoms with Crippen molar-refractivity contribution < 1.29 is 14.4 Å². The molecular weight excluding hydrogens is 344 g/mol. The van der Waals surface area contributed by atoms with Crippen LogP contribution in [-0.4, -0.2) is 41.5 Å². The molecule has 2 heterocycles. The summed E-state index contributed by atoms with van der Waals surface area (Å²) in [6.07, 6.45) is 6.57. The maximum Gasteiger partial charge on any atom is 0.344 e. The topological polar surface area (TPSA) is 81.8 Å². The van der Waals surface area contributed by atoms with Crippen LogP contribution in [0.15, 0.2) is 24.3 Å². The van der Waals surface area contributed by atoms with Gasteiger partial charge in [-0.05, 0) is 37.3 Å². The molecule has 2 N–H and O–H groups in total. The zero-order chi connectivity index (χ0) is 18.9. The number of carbonyl (C=O) groups is 3. The number of hydrogen-bond donors (Lipinski definition) is 2. The number of fused-ring (bicyclic) bond motifs is 1. The first-order chi connectivity index (χ1) is 13.1. The van der Waals surface area contributed by atoms with Gasteiger partial charge in [0.15, 0.2) is 0 Å². The quantitative estimate of drug-likeness (QED) is 0.796. The summed E-state index contributed by atoms with van der Waals surface area (Å²) in [6, 6.07) is 7.73. The lowest BCUT2D eigenvalue weighted by atomic mass is 9.82. The van der Waals surface area contributed by atoms with Crippen molar-refractivity contribution in [3.63, 3.8) is 0 Å². The first-order valence-electron chi connectivity index (χ1n) is 9.88. The van der Waals surface area contributed by atoms with Crippen molar-refractivity contribution >= 4 is 23.5 Å². The fraction of sp³-hybridized carbons (Fsp3) is 0.550. The molecule has 7 heteroatoms. The number of hydrazine groups is 1. The Labute approximate surface area is 159 Å². The Hall–Kier alpha value is -2.57. The van der Waals surface area contributed by atoms with Gasteiger partial charge in [0.1, 0.15) is 5.54 Å². The Morgan fingerprint density at radius 2 is 1.89 bits per heavy atom. The summed E-state index contributed by atoms with van der Waals surface area (Å²) in [5, 5.41) is 3.69. The maximum absolute atomic E-state index is 12.7. The second kappa shape index (κ2) is 7.21. The molecule has 2 fully saturated rings. The molecule has 1 aliphatic carbocycles. The molecule has 0 bridgehead atoms. The minimum Gasteiger partial charge on any atom is -0.371 e. The Morgan fingerprint density at radius 3 is 2.70 bits per heavy atom. The summed E-state index contributed by atoms with van der Waals surface area (Å²) in [5.41, 5.74) is 4.19. The highest BCUT2D eigenvalue weighted by atomic mass is 16.2. The number of nitrogens with zero attached hydrogens (tertiary/aromatic N) is 2. The van der Waals surface area contributed by atoms with E-state index in [0.717, 1.165) is 43.7 Å². The minimum absolute atomic E-state index is 0.235. The molecular formula is C20H26N4O3. The standard InChI is InChI=1S/C20H26N4O3/c25-17(10-14-23-13-6-8-15-7-2-3-9-16(15)23)22-24-18(26)20(21-19(24)27)11-4-1-5-12-20/h2-3,7,9H,1,4-6,8,10-14H2,(H,21,27)(H,22,25). The number of imide groups is 1. The monoisotopic (exact) mass is 370 g/mol. The van der Waals surface area contributed by atoms with Gasteiger partial charge in [-0.15, -0.1) is 0 Å². The first kappa shape index (κ1) is 17.8. The number of urea groups is 1. The molecule has 1 aromatic rings. The molecule has 1 saturated carbocycles. The Morgan fingerprint density at radius 1 is 1.11 bits per heavy atom. The summed E-state index contributed by atoms with van der Waals surface area (Å²) in [4.78, 5) is 39.6. The number of aryl methyl sites for hydroxylation is 1. The smallest absolute Gasteiger partial charge is 0.344 e. The van der Waals surface area contributed by atoms with Crippen LogP contribution in [-0.2, 0) is 16.0 Å². The van der Waals surface area contributed by atoms with Crippen molar-refractivity contribution in [1.29, 1.82) is 0 Å². The summed E-state index contributed by atoms with van der Waals surface area (Å²) in [6.45, 7) is 1.48. The van der Waals surface area contributed by atoms with Crippen molar-refractivity contribution in [1.82, 2.24) is 15.8 Å². The van der Waals surface area contributed by atoms with Crippen LogP contribution in [0.2, 0.25) is 0 Å². The molecule has 144 valence electrons. The number of benzene rings is 1. The summed E-state index contributed by atoms with van der Waals surface area (Å²) >= 11 is 0. The second-order valence-electron chi connectivity index (χ2n) is 7.72. The van der Waals surface area contributed by atoms with E-state index in [1.165, 1.54) is 11.3 Å². The molecule has 0 radical (unpaired) electrons. The van der Waals surface area contributed by atoms with Crippen LogP contribution in [0.25, 0.3) is 0 Å². The number of anilines is 1. The van der Waals surface area contributed by atoms with Crippen LogP contribution in [0, 0.1) is 0 Å². The van der Waals surface area contributed by atoms with Crippen LogP contribution in [0.3, 0.4) is 0 Å². The lowest BCUT2D eigenvalue weighted by Crippen LogP contribution is -2.51. The van der Waals surface area contributed by atoms with Gasteiger partial charge in [-0.2, -0.15) is 5.01 Å². The van der Waals surface area contributed by atoms with Crippen LogP contribution in [0.1, 0.15) is 50.5 Å². The highest BCUT2D eigenvalue weighted by Crippen LogP contribution is 2.33. The van der Waals surface area contributed by atoms with Crippen LogP contribution in [0.5, 0.6) is 0 Å². The first-order valence-corrected chi connectivity index (χ1v) is 9.88. The highest BCUT2D eigenvalue weighted by Gasteiger charge is 2.52. The number of para-hydroxylation sites is 1. The molecule has 4 rings (SSSR count). The van der Waals surface area contributed by atoms with Gasteiger partial charge in [0.05, 0.1) is 0 Å². The van der Waals surface area contributed by atoms with E-state index in [4.69, 9.17) is 0 Å². The number of carbonyl (C=O) groups excluding carboxylic acids is 3. The Balaban J connectivity index is 1.35. The molecule has 1 saturated heterocycles. The van der Waals surface area contributed by atoms with Crippen LogP contribution in [0.4, 0.5) is 10.5 Å². The summed E-state index contributed by atoms with van der Waals surface area (Å²) < 4.78 is 0. The number of rotatable bonds is 4. The Bertz CT molecular complexity index is 757. The minimum atomic E-state index is -0.811. The van der Waals surface area contributed by atoms with E-state index in [1.807, 2.05) is 12.1 Å². The normalized spacial score (nSPS) is 21.2. The largest absolute Gasteiger partial charge is 0.371 e. The SMILES string of the molecule is O=C(CCN1CCCc2ccccc21)NN1C(=O)NC2(CCCCC2)C1=O. The molecule has 1 aromatic carbocycles. The predicted molar refractivity (Wildman–Crippen MR) is 101 cm³/mol.